The van der Waals surface area contributed by atoms with Gasteiger partial charge in [-0.2, -0.15) is 0 Å². The van der Waals surface area contributed by atoms with Crippen molar-refractivity contribution in [2.75, 3.05) is 18.5 Å². The van der Waals surface area contributed by atoms with Gasteiger partial charge in [0.2, 0.25) is 5.95 Å². The first kappa shape index (κ1) is 24.0. The molecule has 35 heavy (non-hydrogen) atoms. The first-order chi connectivity index (χ1) is 16.9. The summed E-state index contributed by atoms with van der Waals surface area (Å²) in [5.41, 5.74) is 9.66. The van der Waals surface area contributed by atoms with Crippen molar-refractivity contribution in [3.8, 4) is 22.8 Å². The van der Waals surface area contributed by atoms with E-state index in [-0.39, 0.29) is 6.61 Å². The van der Waals surface area contributed by atoms with Gasteiger partial charge in [0, 0.05) is 28.4 Å². The zero-order valence-corrected chi connectivity index (χ0v) is 20.0. The predicted molar refractivity (Wildman–Crippen MR) is 137 cm³/mol. The van der Waals surface area contributed by atoms with E-state index in [9.17, 15) is 4.79 Å². The number of amides is 1. The first-order valence-electron chi connectivity index (χ1n) is 11.1. The second-order valence-corrected chi connectivity index (χ2v) is 8.31. The molecule has 1 amide bonds. The molecule has 0 unspecified atom stereocenters. The van der Waals surface area contributed by atoms with Gasteiger partial charge >= 0.3 is 0 Å². The summed E-state index contributed by atoms with van der Waals surface area (Å²) in [6.45, 7) is 2.34. The highest BCUT2D eigenvalue weighted by atomic mass is 35.5. The largest absolute Gasteiger partial charge is 0.493 e. The van der Waals surface area contributed by atoms with Crippen LogP contribution >= 0.6 is 11.6 Å². The standard InChI is InChI=1S/C27H25ClN4O3/c1-18-16-25(32-27(30-18)31-22-8-12-24(13-9-22)35-17-26(29)33)20-4-10-23(11-5-20)34-15-14-19-2-6-21(28)7-3-19/h2-13,16H,14-15,17H2,1H3,(H2,29,33)(H,30,31,32). The molecule has 0 saturated heterocycles. The summed E-state index contributed by atoms with van der Waals surface area (Å²) in [6.07, 6.45) is 0.803. The van der Waals surface area contributed by atoms with Gasteiger partial charge in [0.25, 0.3) is 5.91 Å². The number of benzene rings is 3. The number of rotatable bonds is 10. The number of nitrogens with one attached hydrogen (secondary N) is 1. The van der Waals surface area contributed by atoms with E-state index < -0.39 is 5.91 Å². The maximum Gasteiger partial charge on any atom is 0.255 e. The van der Waals surface area contributed by atoms with Gasteiger partial charge < -0.3 is 20.5 Å². The number of nitrogens with two attached hydrogens (primary N) is 1. The minimum Gasteiger partial charge on any atom is -0.493 e. The van der Waals surface area contributed by atoms with Crippen molar-refractivity contribution < 1.29 is 14.3 Å². The zero-order chi connectivity index (χ0) is 24.6. The van der Waals surface area contributed by atoms with Crippen LogP contribution in [0.15, 0.2) is 78.9 Å². The molecule has 0 fully saturated rings. The minimum atomic E-state index is -0.523. The van der Waals surface area contributed by atoms with Gasteiger partial charge in [0.15, 0.2) is 6.61 Å². The lowest BCUT2D eigenvalue weighted by molar-refractivity contribution is -0.119. The van der Waals surface area contributed by atoms with Crippen LogP contribution in [0.1, 0.15) is 11.3 Å². The van der Waals surface area contributed by atoms with Crippen molar-refractivity contribution in [3.63, 3.8) is 0 Å². The third-order valence-electron chi connectivity index (χ3n) is 5.07. The van der Waals surface area contributed by atoms with E-state index in [1.807, 2.05) is 73.7 Å². The van der Waals surface area contributed by atoms with Gasteiger partial charge in [0.1, 0.15) is 11.5 Å². The number of carbonyl (C=O) groups excluding carboxylic acids is 1. The van der Waals surface area contributed by atoms with Crippen molar-refractivity contribution >= 4 is 29.1 Å². The van der Waals surface area contributed by atoms with Crippen LogP contribution in [0.2, 0.25) is 5.02 Å². The van der Waals surface area contributed by atoms with Crippen LogP contribution in [0.25, 0.3) is 11.3 Å². The molecular formula is C27H25ClN4O3. The maximum absolute atomic E-state index is 10.8. The molecule has 7 nitrogen and oxygen atoms in total. The SMILES string of the molecule is Cc1cc(-c2ccc(OCCc3ccc(Cl)cc3)cc2)nc(Nc2ccc(OCC(N)=O)cc2)n1. The fraction of sp³-hybridized carbons (Fsp3) is 0.148. The topological polar surface area (TPSA) is 99.4 Å². The van der Waals surface area contributed by atoms with Crippen LogP contribution < -0.4 is 20.5 Å². The molecule has 0 aliphatic carbocycles. The van der Waals surface area contributed by atoms with Gasteiger partial charge in [-0.3, -0.25) is 4.79 Å². The number of hydrogen-bond acceptors (Lipinski definition) is 6. The van der Waals surface area contributed by atoms with Gasteiger partial charge in [-0.15, -0.1) is 0 Å². The highest BCUT2D eigenvalue weighted by Gasteiger charge is 2.07. The summed E-state index contributed by atoms with van der Waals surface area (Å²) in [6, 6.07) is 24.7. The Kier molecular flexibility index (Phi) is 7.80. The van der Waals surface area contributed by atoms with Gasteiger partial charge in [-0.1, -0.05) is 23.7 Å². The third-order valence-corrected chi connectivity index (χ3v) is 5.32. The molecule has 4 rings (SSSR count). The Morgan fingerprint density at radius 3 is 2.26 bits per heavy atom. The van der Waals surface area contributed by atoms with Gasteiger partial charge in [0.05, 0.1) is 12.3 Å². The summed E-state index contributed by atoms with van der Waals surface area (Å²) in [4.78, 5) is 20.0. The molecule has 1 aromatic heterocycles. The van der Waals surface area contributed by atoms with E-state index in [4.69, 9.17) is 26.8 Å². The Morgan fingerprint density at radius 1 is 0.914 bits per heavy atom. The number of aromatic nitrogens is 2. The Bertz CT molecular complexity index is 1280. The van der Waals surface area contributed by atoms with E-state index in [2.05, 4.69) is 15.3 Å². The highest BCUT2D eigenvalue weighted by molar-refractivity contribution is 6.30. The van der Waals surface area contributed by atoms with E-state index in [0.29, 0.717) is 18.3 Å². The lowest BCUT2D eigenvalue weighted by atomic mass is 10.1. The molecule has 0 radical (unpaired) electrons. The van der Waals surface area contributed by atoms with Gasteiger partial charge in [-0.05, 0) is 79.2 Å². The Labute approximate surface area is 208 Å². The summed E-state index contributed by atoms with van der Waals surface area (Å²) in [7, 11) is 0. The lowest BCUT2D eigenvalue weighted by Gasteiger charge is -2.10. The highest BCUT2D eigenvalue weighted by Crippen LogP contribution is 2.24. The third kappa shape index (κ3) is 7.19. The number of halogens is 1. The molecular weight excluding hydrogens is 464 g/mol. The number of aryl methyl sites for hydroxylation is 1. The average Bonchev–Trinajstić information content (AvgIpc) is 2.85. The fourth-order valence-electron chi connectivity index (χ4n) is 3.35. The molecule has 8 heteroatoms. The van der Waals surface area contributed by atoms with Crippen LogP contribution in [0.3, 0.4) is 0 Å². The van der Waals surface area contributed by atoms with E-state index in [1.165, 1.54) is 5.56 Å². The van der Waals surface area contributed by atoms with Crippen molar-refractivity contribution in [3.05, 3.63) is 95.1 Å². The molecule has 0 aliphatic heterocycles. The van der Waals surface area contributed by atoms with Crippen LogP contribution in [-0.4, -0.2) is 29.1 Å². The second kappa shape index (κ2) is 11.4. The Balaban J connectivity index is 1.37. The number of nitrogens with zero attached hydrogens (tertiary/aromatic N) is 2. The Hall–Kier alpha value is -4.10. The number of anilines is 2. The summed E-state index contributed by atoms with van der Waals surface area (Å²) < 4.78 is 11.2. The molecule has 0 atom stereocenters. The molecule has 3 N–H and O–H groups in total. The molecule has 1 heterocycles. The van der Waals surface area contributed by atoms with Crippen LogP contribution in [0.5, 0.6) is 11.5 Å². The fourth-order valence-corrected chi connectivity index (χ4v) is 3.48. The molecule has 178 valence electrons. The lowest BCUT2D eigenvalue weighted by Crippen LogP contribution is -2.19. The van der Waals surface area contributed by atoms with E-state index in [0.717, 1.165) is 39.8 Å². The molecule has 3 aromatic carbocycles. The van der Waals surface area contributed by atoms with E-state index in [1.54, 1.807) is 12.1 Å². The number of hydrogen-bond donors (Lipinski definition) is 2. The monoisotopic (exact) mass is 488 g/mol. The molecule has 0 saturated carbocycles. The molecule has 0 aliphatic rings. The van der Waals surface area contributed by atoms with Crippen LogP contribution in [0.4, 0.5) is 11.6 Å². The molecule has 0 bridgehead atoms. The zero-order valence-electron chi connectivity index (χ0n) is 19.2. The van der Waals surface area contributed by atoms with Crippen molar-refractivity contribution in [1.82, 2.24) is 9.97 Å². The van der Waals surface area contributed by atoms with Crippen molar-refractivity contribution in [1.29, 1.82) is 0 Å². The summed E-state index contributed by atoms with van der Waals surface area (Å²) in [5, 5.41) is 3.93. The normalized spacial score (nSPS) is 10.6. The average molecular weight is 489 g/mol. The van der Waals surface area contributed by atoms with Gasteiger partial charge in [-0.25, -0.2) is 9.97 Å². The van der Waals surface area contributed by atoms with E-state index >= 15 is 0 Å². The predicted octanol–water partition coefficient (Wildman–Crippen LogP) is 5.33. The minimum absolute atomic E-state index is 0.163. The number of carbonyl (C=O) groups is 1. The Morgan fingerprint density at radius 2 is 1.57 bits per heavy atom. The first-order valence-corrected chi connectivity index (χ1v) is 11.4. The number of primary amides is 1. The van der Waals surface area contributed by atoms with Crippen LogP contribution in [0, 0.1) is 6.92 Å². The second-order valence-electron chi connectivity index (χ2n) is 7.87. The molecule has 0 spiro atoms. The summed E-state index contributed by atoms with van der Waals surface area (Å²) >= 11 is 5.93. The molecule has 4 aromatic rings. The van der Waals surface area contributed by atoms with Crippen LogP contribution in [-0.2, 0) is 11.2 Å². The van der Waals surface area contributed by atoms with Crippen molar-refractivity contribution in [2.24, 2.45) is 5.73 Å². The quantitative estimate of drug-likeness (QED) is 0.313. The maximum atomic E-state index is 10.8. The smallest absolute Gasteiger partial charge is 0.255 e. The summed E-state index contributed by atoms with van der Waals surface area (Å²) in [5.74, 6) is 1.31. The van der Waals surface area contributed by atoms with Crippen molar-refractivity contribution in [2.45, 2.75) is 13.3 Å². The number of ether oxygens (including phenoxy) is 2.